The van der Waals surface area contributed by atoms with Crippen LogP contribution in [0.4, 0.5) is 5.13 Å². The van der Waals surface area contributed by atoms with Gasteiger partial charge >= 0.3 is 5.97 Å². The number of imidazole rings is 1. The van der Waals surface area contributed by atoms with Gasteiger partial charge in [-0.15, -0.1) is 0 Å². The van der Waals surface area contributed by atoms with Gasteiger partial charge in [0.25, 0.3) is 5.91 Å². The molecule has 0 aromatic carbocycles. The zero-order valence-corrected chi connectivity index (χ0v) is 23.4. The first-order chi connectivity index (χ1) is 17.7. The van der Waals surface area contributed by atoms with Crippen LogP contribution in [0.1, 0.15) is 79.5 Å². The maximum atomic E-state index is 13.1. The number of carboxylic acid groups (broad SMARTS) is 1. The minimum absolute atomic E-state index is 0.0236. The van der Waals surface area contributed by atoms with Gasteiger partial charge in [0.1, 0.15) is 0 Å². The molecule has 3 rings (SSSR count). The molecule has 2 aromatic rings. The maximum absolute atomic E-state index is 13.1. The second kappa shape index (κ2) is 13.0. The number of thiazole rings is 1. The van der Waals surface area contributed by atoms with Gasteiger partial charge in [0.2, 0.25) is 0 Å². The number of H-pyrrole nitrogens is 1. The largest absolute Gasteiger partial charge is 0.478 e. The molecule has 0 aliphatic carbocycles. The molecule has 2 atom stereocenters. The van der Waals surface area contributed by atoms with Crippen molar-refractivity contribution in [1.82, 2.24) is 25.6 Å². The molecular weight excluding hydrogens is 488 g/mol. The number of aliphatic carboxylic acids is 1. The Morgan fingerprint density at radius 3 is 2.62 bits per heavy atom. The highest BCUT2D eigenvalue weighted by Gasteiger charge is 2.33. The third-order valence-electron chi connectivity index (χ3n) is 7.01. The molecule has 37 heavy (non-hydrogen) atoms. The second-order valence-corrected chi connectivity index (χ2v) is 10.5. The van der Waals surface area contributed by atoms with Crippen molar-refractivity contribution in [3.8, 4) is 0 Å². The molecule has 0 saturated carbocycles. The molecule has 0 spiro atoms. The fourth-order valence-corrected chi connectivity index (χ4v) is 5.77. The van der Waals surface area contributed by atoms with Crippen LogP contribution in [0.2, 0.25) is 0 Å². The number of hydrogen-bond acceptors (Lipinski definition) is 7. The average molecular weight is 529 g/mol. The van der Waals surface area contributed by atoms with Gasteiger partial charge in [0, 0.05) is 43.3 Å². The highest BCUT2D eigenvalue weighted by atomic mass is 32.1. The summed E-state index contributed by atoms with van der Waals surface area (Å²) in [5, 5.41) is 17.2. The van der Waals surface area contributed by atoms with E-state index in [1.807, 2.05) is 32.9 Å². The van der Waals surface area contributed by atoms with E-state index in [0.29, 0.717) is 35.5 Å². The van der Waals surface area contributed by atoms with Gasteiger partial charge in [-0.2, -0.15) is 0 Å². The van der Waals surface area contributed by atoms with Gasteiger partial charge in [-0.1, -0.05) is 44.8 Å². The lowest BCUT2D eigenvalue weighted by Gasteiger charge is -2.39. The number of hydrogen-bond donors (Lipinski definition) is 4. The number of amides is 1. The Morgan fingerprint density at radius 2 is 2.03 bits per heavy atom. The Hall–Kier alpha value is -2.98. The van der Waals surface area contributed by atoms with E-state index in [0.717, 1.165) is 48.7 Å². The van der Waals surface area contributed by atoms with Crippen molar-refractivity contribution in [1.29, 1.82) is 0 Å². The van der Waals surface area contributed by atoms with Gasteiger partial charge in [-0.25, -0.2) is 14.8 Å². The molecule has 1 fully saturated rings. The molecular formula is C27H40N6O3S. The fourth-order valence-electron chi connectivity index (χ4n) is 4.72. The zero-order chi connectivity index (χ0) is 27.1. The molecule has 2 aromatic heterocycles. The van der Waals surface area contributed by atoms with Gasteiger partial charge in [-0.3, -0.25) is 4.79 Å². The van der Waals surface area contributed by atoms with Crippen LogP contribution in [0.15, 0.2) is 12.7 Å². The SMILES string of the molecule is C=C(C(=O)O)c1sc(N2CC[C@@H](NC(=O)c3nc(CC)c(C)[nH]3)[C@@H](CNC(CC)CC)C2)nc1/C=C\C. The zero-order valence-electron chi connectivity index (χ0n) is 22.6. The van der Waals surface area contributed by atoms with Crippen LogP contribution in [0, 0.1) is 12.8 Å². The Labute approximate surface area is 223 Å². The topological polar surface area (TPSA) is 123 Å². The molecule has 10 heteroatoms. The predicted molar refractivity (Wildman–Crippen MR) is 150 cm³/mol. The first kappa shape index (κ1) is 28.6. The van der Waals surface area contributed by atoms with Crippen LogP contribution >= 0.6 is 11.3 Å². The number of carbonyl (C=O) groups is 2. The number of nitrogens with zero attached hydrogens (tertiary/aromatic N) is 3. The summed E-state index contributed by atoms with van der Waals surface area (Å²) in [6.45, 7) is 16.1. The number of rotatable bonds is 12. The number of aryl methyl sites for hydroxylation is 2. The van der Waals surface area contributed by atoms with Gasteiger partial charge in [-0.05, 0) is 45.6 Å². The van der Waals surface area contributed by atoms with Gasteiger partial charge in [0.15, 0.2) is 11.0 Å². The summed E-state index contributed by atoms with van der Waals surface area (Å²) in [5.41, 5.74) is 2.50. The predicted octanol–water partition coefficient (Wildman–Crippen LogP) is 4.27. The normalized spacial score (nSPS) is 18.1. The fraction of sp³-hybridized carbons (Fsp3) is 0.556. The van der Waals surface area contributed by atoms with E-state index in [4.69, 9.17) is 4.98 Å². The van der Waals surface area contributed by atoms with Gasteiger partial charge < -0.3 is 25.6 Å². The van der Waals surface area contributed by atoms with E-state index in [1.165, 1.54) is 11.3 Å². The van der Waals surface area contributed by atoms with Crippen molar-refractivity contribution in [2.24, 2.45) is 5.92 Å². The summed E-state index contributed by atoms with van der Waals surface area (Å²) >= 11 is 1.36. The van der Waals surface area contributed by atoms with Crippen molar-refractivity contribution in [3.05, 3.63) is 40.4 Å². The van der Waals surface area contributed by atoms with Gasteiger partial charge in [0.05, 0.1) is 21.8 Å². The average Bonchev–Trinajstić information content (AvgIpc) is 3.48. The summed E-state index contributed by atoms with van der Waals surface area (Å²) in [5.74, 6) is -0.733. The molecule has 3 heterocycles. The number of carbonyl (C=O) groups excluding carboxylic acids is 1. The monoisotopic (exact) mass is 528 g/mol. The molecule has 202 valence electrons. The Kier molecular flexibility index (Phi) is 10.0. The van der Waals surface area contributed by atoms with Crippen molar-refractivity contribution >= 4 is 40.0 Å². The Bertz CT molecular complexity index is 1130. The summed E-state index contributed by atoms with van der Waals surface area (Å²) in [6.07, 6.45) is 7.26. The summed E-state index contributed by atoms with van der Waals surface area (Å²) in [7, 11) is 0. The van der Waals surface area contributed by atoms with E-state index in [2.05, 4.69) is 45.9 Å². The van der Waals surface area contributed by atoms with E-state index < -0.39 is 5.97 Å². The number of allylic oxidation sites excluding steroid dienone is 1. The van der Waals surface area contributed by atoms with Crippen LogP contribution in [0.5, 0.6) is 0 Å². The lowest BCUT2D eigenvalue weighted by atomic mass is 9.91. The number of carboxylic acids is 1. The van der Waals surface area contributed by atoms with Crippen LogP contribution < -0.4 is 15.5 Å². The number of aromatic nitrogens is 3. The van der Waals surface area contributed by atoms with Crippen molar-refractivity contribution in [2.45, 2.75) is 72.4 Å². The number of anilines is 1. The molecule has 1 amide bonds. The molecule has 1 saturated heterocycles. The third-order valence-corrected chi connectivity index (χ3v) is 8.20. The van der Waals surface area contributed by atoms with Crippen molar-refractivity contribution in [3.63, 3.8) is 0 Å². The summed E-state index contributed by atoms with van der Waals surface area (Å²) in [4.78, 5) is 39.8. The second-order valence-electron chi connectivity index (χ2n) is 9.50. The lowest BCUT2D eigenvalue weighted by molar-refractivity contribution is -0.130. The third kappa shape index (κ3) is 6.87. The van der Waals surface area contributed by atoms with Crippen LogP contribution in [-0.2, 0) is 11.2 Å². The van der Waals surface area contributed by atoms with E-state index in [9.17, 15) is 14.7 Å². The highest BCUT2D eigenvalue weighted by Crippen LogP contribution is 2.34. The first-order valence-corrected chi connectivity index (χ1v) is 13.9. The van der Waals surface area contributed by atoms with E-state index in [1.54, 1.807) is 0 Å². The minimum atomic E-state index is -1.05. The van der Waals surface area contributed by atoms with Crippen LogP contribution in [0.25, 0.3) is 11.6 Å². The summed E-state index contributed by atoms with van der Waals surface area (Å²) < 4.78 is 0. The first-order valence-electron chi connectivity index (χ1n) is 13.1. The van der Waals surface area contributed by atoms with Crippen molar-refractivity contribution in [2.75, 3.05) is 24.5 Å². The van der Waals surface area contributed by atoms with E-state index in [-0.39, 0.29) is 23.4 Å². The van der Waals surface area contributed by atoms with Crippen LogP contribution in [0.3, 0.4) is 0 Å². The molecule has 0 radical (unpaired) electrons. The number of nitrogens with one attached hydrogen (secondary N) is 3. The standard InChI is InChI=1S/C27H40N6O3S/c1-7-11-22-23(16(5)26(35)36)37-27(32-22)33-13-12-21(18(15-33)14-28-19(8-2)9-3)31-25(34)24-29-17(6)20(10-4)30-24/h7,11,18-19,21,28H,5,8-10,12-15H2,1-4,6H3,(H,29,30)(H,31,34)(H,35,36)/b11-7-/t18-,21+/m0/s1. The number of aromatic amines is 1. The molecule has 4 N–H and O–H groups in total. The molecule has 9 nitrogen and oxygen atoms in total. The molecule has 1 aliphatic heterocycles. The quantitative estimate of drug-likeness (QED) is 0.303. The Balaban J connectivity index is 1.82. The molecule has 1 aliphatic rings. The smallest absolute Gasteiger partial charge is 0.336 e. The minimum Gasteiger partial charge on any atom is -0.478 e. The number of piperidine rings is 1. The summed E-state index contributed by atoms with van der Waals surface area (Å²) in [6, 6.07) is 0.391. The van der Waals surface area contributed by atoms with Crippen LogP contribution in [-0.4, -0.2) is 63.7 Å². The lowest BCUT2D eigenvalue weighted by Crippen LogP contribution is -2.54. The van der Waals surface area contributed by atoms with E-state index >= 15 is 0 Å². The van der Waals surface area contributed by atoms with Crippen molar-refractivity contribution < 1.29 is 14.7 Å². The Morgan fingerprint density at radius 1 is 1.30 bits per heavy atom. The maximum Gasteiger partial charge on any atom is 0.336 e. The molecule has 0 bridgehead atoms. The molecule has 0 unspecified atom stereocenters. The highest BCUT2D eigenvalue weighted by molar-refractivity contribution is 7.17.